The molecule has 0 spiro atoms. The van der Waals surface area contributed by atoms with E-state index < -0.39 is 54.0 Å². The van der Waals surface area contributed by atoms with Crippen LogP contribution in [0.2, 0.25) is 0 Å². The molecule has 5 heterocycles. The van der Waals surface area contributed by atoms with Gasteiger partial charge in [-0.05, 0) is 49.2 Å². The summed E-state index contributed by atoms with van der Waals surface area (Å²) in [6.45, 7) is 3.74. The zero-order valence-corrected chi connectivity index (χ0v) is 23.2. The van der Waals surface area contributed by atoms with Crippen LogP contribution in [-0.4, -0.2) is 70.8 Å². The monoisotopic (exact) mass is 598 g/mol. The fraction of sp³-hybridized carbons (Fsp3) is 0.357. The number of benzene rings is 2. The molecule has 42 heavy (non-hydrogen) atoms. The maximum atomic E-state index is 13.9. The Balaban J connectivity index is 1.28. The maximum absolute atomic E-state index is 13.9. The molecule has 0 amide bonds. The van der Waals surface area contributed by atoms with Gasteiger partial charge in [-0.25, -0.2) is 27.8 Å². The Kier molecular flexibility index (Phi) is 6.62. The zero-order valence-electron chi connectivity index (χ0n) is 22.4. The Hall–Kier alpha value is -3.69. The van der Waals surface area contributed by atoms with Gasteiger partial charge in [-0.2, -0.15) is 10.2 Å². The van der Waals surface area contributed by atoms with Crippen LogP contribution in [0.1, 0.15) is 35.7 Å². The minimum atomic E-state index is -1.57. The van der Waals surface area contributed by atoms with Gasteiger partial charge in [0.2, 0.25) is 0 Å². The predicted octanol–water partition coefficient (Wildman–Crippen LogP) is 3.83. The first-order valence-electron chi connectivity index (χ1n) is 13.4. The number of aryl methyl sites for hydroxylation is 2. The van der Waals surface area contributed by atoms with Crippen molar-refractivity contribution in [3.8, 4) is 16.8 Å². The summed E-state index contributed by atoms with van der Waals surface area (Å²) in [5, 5.41) is 32.4. The molecule has 2 aliphatic rings. The zero-order chi connectivity index (χ0) is 29.3. The fourth-order valence-corrected chi connectivity index (χ4v) is 6.59. The van der Waals surface area contributed by atoms with Gasteiger partial charge in [-0.15, -0.1) is 11.3 Å². The molecule has 14 heteroatoms. The molecule has 0 radical (unpaired) electrons. The van der Waals surface area contributed by atoms with Gasteiger partial charge in [0.15, 0.2) is 23.3 Å². The molecule has 0 saturated carbocycles. The van der Waals surface area contributed by atoms with Crippen molar-refractivity contribution in [1.82, 2.24) is 29.5 Å². The number of fused-ring (bicyclic) bond motifs is 2. The van der Waals surface area contributed by atoms with Gasteiger partial charge in [-0.3, -0.25) is 4.68 Å². The van der Waals surface area contributed by atoms with E-state index in [4.69, 9.17) is 9.47 Å². The lowest BCUT2D eigenvalue weighted by Gasteiger charge is -2.41. The van der Waals surface area contributed by atoms with Crippen LogP contribution in [0.15, 0.2) is 42.7 Å². The van der Waals surface area contributed by atoms with Gasteiger partial charge in [0, 0.05) is 11.8 Å². The highest BCUT2D eigenvalue weighted by atomic mass is 32.1. The molecular formula is C28H25F3N6O4S. The second-order valence-corrected chi connectivity index (χ2v) is 11.5. The van der Waals surface area contributed by atoms with Gasteiger partial charge in [0.25, 0.3) is 0 Å². The lowest BCUT2D eigenvalue weighted by Crippen LogP contribution is -2.52. The van der Waals surface area contributed by atoms with Crippen LogP contribution in [0.4, 0.5) is 13.2 Å². The van der Waals surface area contributed by atoms with Gasteiger partial charge < -0.3 is 19.7 Å². The van der Waals surface area contributed by atoms with Crippen LogP contribution in [0.5, 0.6) is 0 Å². The van der Waals surface area contributed by atoms with Crippen molar-refractivity contribution < 1.29 is 32.9 Å². The largest absolute Gasteiger partial charge is 0.388 e. The topological polar surface area (TPSA) is 120 Å². The van der Waals surface area contributed by atoms with E-state index in [1.54, 1.807) is 22.9 Å². The molecule has 0 aliphatic carbocycles. The highest BCUT2D eigenvalue weighted by molar-refractivity contribution is 7.18. The van der Waals surface area contributed by atoms with E-state index >= 15 is 0 Å². The van der Waals surface area contributed by atoms with Gasteiger partial charge in [0.1, 0.15) is 42.4 Å². The number of hydrogen-bond acceptors (Lipinski definition) is 9. The van der Waals surface area contributed by atoms with E-state index in [1.165, 1.54) is 17.1 Å². The van der Waals surface area contributed by atoms with Crippen molar-refractivity contribution in [3.05, 3.63) is 76.8 Å². The molecule has 5 aromatic rings. The van der Waals surface area contributed by atoms with Crippen LogP contribution in [0.3, 0.4) is 0 Å². The normalized spacial score (nSPS) is 25.8. The third kappa shape index (κ3) is 4.41. The van der Waals surface area contributed by atoms with Gasteiger partial charge >= 0.3 is 0 Å². The minimum Gasteiger partial charge on any atom is -0.388 e. The van der Waals surface area contributed by atoms with E-state index in [1.807, 2.05) is 25.1 Å². The molecule has 7 rings (SSSR count). The molecule has 218 valence electrons. The molecule has 2 aliphatic heterocycles. The van der Waals surface area contributed by atoms with Crippen molar-refractivity contribution in [1.29, 1.82) is 0 Å². The summed E-state index contributed by atoms with van der Waals surface area (Å²) >= 11 is 1.59. The maximum Gasteiger partial charge on any atom is 0.194 e. The Morgan fingerprint density at radius 2 is 1.83 bits per heavy atom. The molecule has 3 unspecified atom stereocenters. The standard InChI is InChI=1S/C28H25F3N6O4S/c1-3-21-34-18-5-4-15(8-20(18)42-21)37-28(33-12(2)35-37)27-24(39)23(26-25(41-27)19(38)11-40-26)36-10-14(9-32-36)13-6-16(29)22(31)17(30)7-13/h4-10,19,23-27,38-39H,3,11H2,1-2H3/t19?,23?,24-,25?,26+,27+/m0/s1. The van der Waals surface area contributed by atoms with E-state index in [0.717, 1.165) is 33.8 Å². The summed E-state index contributed by atoms with van der Waals surface area (Å²) in [5.41, 5.74) is 1.93. The summed E-state index contributed by atoms with van der Waals surface area (Å²) in [7, 11) is 0. The number of ether oxygens (including phenoxy) is 2. The van der Waals surface area contributed by atoms with Crippen molar-refractivity contribution in [2.45, 2.75) is 56.8 Å². The summed E-state index contributed by atoms with van der Waals surface area (Å²) < 4.78 is 57.5. The average molecular weight is 599 g/mol. The highest BCUT2D eigenvalue weighted by Crippen LogP contribution is 2.43. The number of aromatic nitrogens is 6. The number of hydrogen-bond donors (Lipinski definition) is 2. The first-order chi connectivity index (χ1) is 20.2. The molecule has 2 aromatic carbocycles. The quantitative estimate of drug-likeness (QED) is 0.293. The number of aliphatic hydroxyl groups is 2. The van der Waals surface area contributed by atoms with Crippen LogP contribution < -0.4 is 0 Å². The number of rotatable bonds is 5. The van der Waals surface area contributed by atoms with Crippen LogP contribution in [0, 0.1) is 24.4 Å². The summed E-state index contributed by atoms with van der Waals surface area (Å²) in [4.78, 5) is 9.21. The summed E-state index contributed by atoms with van der Waals surface area (Å²) in [6.07, 6.45) is -1.30. The Bertz CT molecular complexity index is 1780. The third-order valence-corrected chi connectivity index (χ3v) is 8.81. The number of nitrogens with zero attached hydrogens (tertiary/aromatic N) is 6. The third-order valence-electron chi connectivity index (χ3n) is 7.64. The fourth-order valence-electron chi connectivity index (χ4n) is 5.65. The minimum absolute atomic E-state index is 0.0265. The molecule has 2 saturated heterocycles. The van der Waals surface area contributed by atoms with Crippen LogP contribution >= 0.6 is 11.3 Å². The average Bonchev–Trinajstić information content (AvgIpc) is 3.77. The first kappa shape index (κ1) is 27.2. The van der Waals surface area contributed by atoms with E-state index in [0.29, 0.717) is 22.9 Å². The molecule has 2 N–H and O–H groups in total. The number of halogens is 3. The lowest BCUT2D eigenvalue weighted by atomic mass is 9.91. The summed E-state index contributed by atoms with van der Waals surface area (Å²) in [6, 6.07) is 6.58. The van der Waals surface area contributed by atoms with E-state index in [2.05, 4.69) is 20.2 Å². The second kappa shape index (κ2) is 10.2. The predicted molar refractivity (Wildman–Crippen MR) is 145 cm³/mol. The molecular weight excluding hydrogens is 573 g/mol. The van der Waals surface area contributed by atoms with Crippen molar-refractivity contribution in [2.75, 3.05) is 6.61 Å². The summed E-state index contributed by atoms with van der Waals surface area (Å²) in [5.74, 6) is -3.46. The van der Waals surface area contributed by atoms with Gasteiger partial charge in [-0.1, -0.05) is 6.92 Å². The molecule has 2 fully saturated rings. The van der Waals surface area contributed by atoms with E-state index in [9.17, 15) is 23.4 Å². The lowest BCUT2D eigenvalue weighted by molar-refractivity contribution is -0.196. The van der Waals surface area contributed by atoms with Gasteiger partial charge in [0.05, 0.1) is 33.7 Å². The highest BCUT2D eigenvalue weighted by Gasteiger charge is 2.54. The van der Waals surface area contributed by atoms with Crippen LogP contribution in [0.25, 0.3) is 27.0 Å². The van der Waals surface area contributed by atoms with Crippen molar-refractivity contribution in [3.63, 3.8) is 0 Å². The second-order valence-electron chi connectivity index (χ2n) is 10.4. The van der Waals surface area contributed by atoms with Crippen LogP contribution in [-0.2, 0) is 15.9 Å². The molecule has 3 aromatic heterocycles. The Labute approximate surface area is 241 Å². The SMILES string of the molecule is CCc1nc2ccc(-n3nc(C)nc3[C@@H]3OC4C(O)CO[C@@H]4C(n4cc(-c5cc(F)c(F)c(F)c5)cn4)[C@@H]3O)cc2s1. The molecule has 0 bridgehead atoms. The first-order valence-corrected chi connectivity index (χ1v) is 14.2. The number of thiazole rings is 1. The molecule has 6 atom stereocenters. The van der Waals surface area contributed by atoms with E-state index in [-0.39, 0.29) is 12.2 Å². The Morgan fingerprint density at radius 1 is 1.05 bits per heavy atom. The van der Waals surface area contributed by atoms with Crippen molar-refractivity contribution >= 4 is 21.6 Å². The smallest absolute Gasteiger partial charge is 0.194 e. The number of aliphatic hydroxyl groups excluding tert-OH is 2. The van der Waals surface area contributed by atoms with Crippen molar-refractivity contribution in [2.24, 2.45) is 0 Å². The Morgan fingerprint density at radius 3 is 2.60 bits per heavy atom. The molecule has 10 nitrogen and oxygen atoms in total.